The van der Waals surface area contributed by atoms with E-state index in [1.807, 2.05) is 12.1 Å². The lowest BCUT2D eigenvalue weighted by Gasteiger charge is -2.49. The van der Waals surface area contributed by atoms with E-state index in [1.54, 1.807) is 30.0 Å². The summed E-state index contributed by atoms with van der Waals surface area (Å²) in [6, 6.07) is 16.3. The zero-order chi connectivity index (χ0) is 31.7. The van der Waals surface area contributed by atoms with Gasteiger partial charge in [0.05, 0.1) is 18.2 Å². The molecule has 2 aliphatic rings. The molecule has 1 saturated heterocycles. The summed E-state index contributed by atoms with van der Waals surface area (Å²) in [6.07, 6.45) is -7.45. The summed E-state index contributed by atoms with van der Waals surface area (Å²) >= 11 is 0. The predicted octanol–water partition coefficient (Wildman–Crippen LogP) is 6.29. The Morgan fingerprint density at radius 2 is 1.41 bits per heavy atom. The van der Waals surface area contributed by atoms with Gasteiger partial charge >= 0.3 is 12.4 Å². The number of para-hydroxylation sites is 1. The van der Waals surface area contributed by atoms with Crippen molar-refractivity contribution in [1.82, 2.24) is 15.1 Å². The van der Waals surface area contributed by atoms with Crippen LogP contribution in [0.2, 0.25) is 0 Å². The fraction of sp³-hybridized carbons (Fsp3) is 0.424. The van der Waals surface area contributed by atoms with Crippen LogP contribution in [0.15, 0.2) is 66.7 Å². The third-order valence-electron chi connectivity index (χ3n) is 8.79. The molecule has 1 aliphatic carbocycles. The fourth-order valence-electron chi connectivity index (χ4n) is 6.71. The standard InChI is InChI=1S/C33H35F6N3O2/c1-3-40-30(43)31(28-10-6-7-11-29(28)44-2,24-19-25(32(34,35)36)21-26(20-24)33(37,38)39)42-16-14-41(15-17-42)27-13-12-22-8-4-5-9-23(22)18-27/h4-11,19-21,27H,3,12-18H2,1-2H3,(H,40,43). The number of amides is 1. The summed E-state index contributed by atoms with van der Waals surface area (Å²) in [5.74, 6) is -0.548. The molecule has 0 spiro atoms. The molecule has 236 valence electrons. The molecule has 0 saturated carbocycles. The van der Waals surface area contributed by atoms with Gasteiger partial charge in [-0.2, -0.15) is 26.3 Å². The van der Waals surface area contributed by atoms with E-state index in [1.165, 1.54) is 24.3 Å². The number of alkyl halides is 6. The highest BCUT2D eigenvalue weighted by molar-refractivity contribution is 5.92. The number of halogens is 6. The highest BCUT2D eigenvalue weighted by atomic mass is 19.4. The number of piperazine rings is 1. The summed E-state index contributed by atoms with van der Waals surface area (Å²) in [4.78, 5) is 18.3. The van der Waals surface area contributed by atoms with Crippen molar-refractivity contribution < 1.29 is 35.9 Å². The Labute approximate surface area is 252 Å². The van der Waals surface area contributed by atoms with Gasteiger partial charge in [-0.25, -0.2) is 0 Å². The topological polar surface area (TPSA) is 44.8 Å². The minimum absolute atomic E-state index is 0.0903. The summed E-state index contributed by atoms with van der Waals surface area (Å²) in [7, 11) is 1.35. The molecule has 3 aromatic carbocycles. The molecule has 2 atom stereocenters. The minimum atomic E-state index is -5.08. The first-order valence-corrected chi connectivity index (χ1v) is 14.7. The number of carbonyl (C=O) groups is 1. The number of ether oxygens (including phenoxy) is 1. The van der Waals surface area contributed by atoms with Crippen LogP contribution in [-0.2, 0) is 35.5 Å². The Hall–Kier alpha value is -3.57. The van der Waals surface area contributed by atoms with Gasteiger partial charge in [0.1, 0.15) is 5.75 Å². The highest BCUT2D eigenvalue weighted by Crippen LogP contribution is 2.46. The Morgan fingerprint density at radius 1 is 0.841 bits per heavy atom. The number of methoxy groups -OCH3 is 1. The first kappa shape index (κ1) is 31.8. The van der Waals surface area contributed by atoms with Gasteiger partial charge < -0.3 is 10.1 Å². The number of hydrogen-bond acceptors (Lipinski definition) is 4. The van der Waals surface area contributed by atoms with E-state index in [2.05, 4.69) is 22.3 Å². The molecule has 0 bridgehead atoms. The molecule has 1 heterocycles. The van der Waals surface area contributed by atoms with Crippen LogP contribution in [-0.4, -0.2) is 61.6 Å². The van der Waals surface area contributed by atoms with Crippen molar-refractivity contribution in [1.29, 1.82) is 0 Å². The lowest BCUT2D eigenvalue weighted by molar-refractivity contribution is -0.144. The fourth-order valence-corrected chi connectivity index (χ4v) is 6.71. The van der Waals surface area contributed by atoms with Gasteiger partial charge in [-0.15, -0.1) is 0 Å². The van der Waals surface area contributed by atoms with Crippen molar-refractivity contribution >= 4 is 5.91 Å². The zero-order valence-corrected chi connectivity index (χ0v) is 24.6. The molecular formula is C33H35F6N3O2. The average molecular weight is 620 g/mol. The van der Waals surface area contributed by atoms with E-state index in [0.29, 0.717) is 25.2 Å². The van der Waals surface area contributed by atoms with Crippen molar-refractivity contribution in [3.05, 3.63) is 100 Å². The summed E-state index contributed by atoms with van der Waals surface area (Å²) in [5, 5.41) is 2.72. The molecule has 1 amide bonds. The van der Waals surface area contributed by atoms with Gasteiger partial charge in [-0.05, 0) is 67.1 Å². The number of nitrogens with zero attached hydrogens (tertiary/aromatic N) is 2. The lowest BCUT2D eigenvalue weighted by atomic mass is 9.77. The monoisotopic (exact) mass is 619 g/mol. The van der Waals surface area contributed by atoms with Crippen molar-refractivity contribution in [3.63, 3.8) is 0 Å². The largest absolute Gasteiger partial charge is 0.496 e. The number of benzene rings is 3. The summed E-state index contributed by atoms with van der Waals surface area (Å²) in [5.41, 5.74) is -2.67. The molecule has 1 N–H and O–H groups in total. The van der Waals surface area contributed by atoms with Crippen LogP contribution in [0, 0.1) is 0 Å². The molecule has 2 unspecified atom stereocenters. The van der Waals surface area contributed by atoms with Gasteiger partial charge in [-0.3, -0.25) is 14.6 Å². The normalized spacial score (nSPS) is 19.6. The maximum Gasteiger partial charge on any atom is 0.416 e. The Morgan fingerprint density at radius 3 is 2.00 bits per heavy atom. The van der Waals surface area contributed by atoms with Crippen molar-refractivity contribution in [2.24, 2.45) is 0 Å². The molecule has 5 rings (SSSR count). The van der Waals surface area contributed by atoms with Crippen LogP contribution in [0.1, 0.15) is 46.7 Å². The van der Waals surface area contributed by atoms with Crippen molar-refractivity contribution in [2.75, 3.05) is 39.8 Å². The van der Waals surface area contributed by atoms with Crippen LogP contribution in [0.25, 0.3) is 0 Å². The average Bonchev–Trinajstić information content (AvgIpc) is 3.01. The van der Waals surface area contributed by atoms with Crippen LogP contribution >= 0.6 is 0 Å². The number of fused-ring (bicyclic) bond motifs is 1. The second-order valence-electron chi connectivity index (χ2n) is 11.3. The maximum atomic E-state index is 14.3. The van der Waals surface area contributed by atoms with E-state index in [0.717, 1.165) is 19.3 Å². The van der Waals surface area contributed by atoms with E-state index in [9.17, 15) is 31.1 Å². The number of hydrogen-bond donors (Lipinski definition) is 1. The Kier molecular flexibility index (Phi) is 9.00. The van der Waals surface area contributed by atoms with Crippen LogP contribution in [0.5, 0.6) is 5.75 Å². The minimum Gasteiger partial charge on any atom is -0.496 e. The van der Waals surface area contributed by atoms with Gasteiger partial charge in [0.25, 0.3) is 0 Å². The zero-order valence-electron chi connectivity index (χ0n) is 24.6. The van der Waals surface area contributed by atoms with Gasteiger partial charge in [0.15, 0.2) is 5.54 Å². The van der Waals surface area contributed by atoms with Crippen LogP contribution in [0.3, 0.4) is 0 Å². The second kappa shape index (κ2) is 12.4. The first-order valence-electron chi connectivity index (χ1n) is 14.7. The predicted molar refractivity (Wildman–Crippen MR) is 154 cm³/mol. The van der Waals surface area contributed by atoms with Crippen molar-refractivity contribution in [3.8, 4) is 5.75 Å². The summed E-state index contributed by atoms with van der Waals surface area (Å²) < 4.78 is 90.3. The number of aryl methyl sites for hydroxylation is 1. The molecule has 11 heteroatoms. The lowest BCUT2D eigenvalue weighted by Crippen LogP contribution is -2.63. The van der Waals surface area contributed by atoms with Gasteiger partial charge in [0.2, 0.25) is 5.91 Å². The van der Waals surface area contributed by atoms with Gasteiger partial charge in [0, 0.05) is 44.3 Å². The molecular weight excluding hydrogens is 584 g/mol. The van der Waals surface area contributed by atoms with Crippen molar-refractivity contribution in [2.45, 2.75) is 50.1 Å². The molecule has 0 aromatic heterocycles. The quantitative estimate of drug-likeness (QED) is 0.316. The molecule has 0 radical (unpaired) electrons. The van der Waals surface area contributed by atoms with Gasteiger partial charge in [-0.1, -0.05) is 42.5 Å². The van der Waals surface area contributed by atoms with E-state index >= 15 is 0 Å². The first-order chi connectivity index (χ1) is 20.9. The van der Waals surface area contributed by atoms with E-state index in [4.69, 9.17) is 4.74 Å². The number of likely N-dealkylation sites (N-methyl/N-ethyl adjacent to an activating group) is 1. The van der Waals surface area contributed by atoms with Crippen LogP contribution < -0.4 is 10.1 Å². The Balaban J connectivity index is 1.63. The third-order valence-corrected chi connectivity index (χ3v) is 8.79. The molecule has 5 nitrogen and oxygen atoms in total. The smallest absolute Gasteiger partial charge is 0.416 e. The molecule has 1 aliphatic heterocycles. The third kappa shape index (κ3) is 6.04. The molecule has 44 heavy (non-hydrogen) atoms. The number of rotatable bonds is 7. The van der Waals surface area contributed by atoms with Crippen LogP contribution in [0.4, 0.5) is 26.3 Å². The van der Waals surface area contributed by atoms with E-state index < -0.39 is 40.5 Å². The number of nitrogens with one attached hydrogen (secondary N) is 1. The molecule has 1 fully saturated rings. The van der Waals surface area contributed by atoms with E-state index in [-0.39, 0.29) is 43.1 Å². The second-order valence-corrected chi connectivity index (χ2v) is 11.3. The highest BCUT2D eigenvalue weighted by Gasteiger charge is 2.52. The Bertz CT molecular complexity index is 1450. The summed E-state index contributed by atoms with van der Waals surface area (Å²) in [6.45, 7) is 3.18. The SMILES string of the molecule is CCNC(=O)C(c1cc(C(F)(F)F)cc(C(F)(F)F)c1)(c1ccccc1OC)N1CCN(C2CCc3ccccc3C2)CC1. The maximum absolute atomic E-state index is 14.3. The molecule has 3 aromatic rings. The number of carbonyl (C=O) groups excluding carboxylic acids is 1.